The SMILES string of the molecule is CC(C)[C@@H]1C(=O)Nc2c(O)c3c(c(F)c2CN1C)C[C@H]1C[C@H]2CC(=O)C(C(N)=O)=C(O)[C@@]2(O)C(=O)C1=C3O. The first kappa shape index (κ1) is 25.9. The van der Waals surface area contributed by atoms with Crippen molar-refractivity contribution >= 4 is 34.8 Å². The number of hydrogen-bond donors (Lipinski definition) is 6. The van der Waals surface area contributed by atoms with Gasteiger partial charge in [0.2, 0.25) is 11.7 Å². The number of hydrogen-bond acceptors (Lipinski definition) is 9. The number of phenolic OH excluding ortho intramolecular Hbond substituents is 1. The van der Waals surface area contributed by atoms with E-state index in [4.69, 9.17) is 5.73 Å². The lowest BCUT2D eigenvalue weighted by atomic mass is 9.59. The molecule has 1 saturated carbocycles. The number of primary amides is 1. The highest BCUT2D eigenvalue weighted by Crippen LogP contribution is 2.54. The Morgan fingerprint density at radius 3 is 2.42 bits per heavy atom. The number of fused-ring (bicyclic) bond motifs is 4. The van der Waals surface area contributed by atoms with Gasteiger partial charge >= 0.3 is 0 Å². The molecule has 1 fully saturated rings. The van der Waals surface area contributed by atoms with E-state index in [1.807, 2.05) is 13.8 Å². The smallest absolute Gasteiger partial charge is 0.255 e. The van der Waals surface area contributed by atoms with Gasteiger partial charge < -0.3 is 31.5 Å². The number of anilines is 1. The molecule has 0 bridgehead atoms. The molecule has 7 N–H and O–H groups in total. The average molecular weight is 530 g/mol. The lowest BCUT2D eigenvalue weighted by molar-refractivity contribution is -0.147. The standard InChI is InChI=1S/C26H28FN3O8/c1-8(2)19-25(37)29-18-12(7-30(19)3)17(27)11-5-9-4-10-6-13(31)16(24(28)36)23(35)26(10,38)22(34)14(9)20(32)15(11)21(18)33/h8-10,19,32-33,35,38H,4-7H2,1-3H3,(H2,28,36)(H,29,37)/t9-,10+,19-,26+/m1/s1. The number of nitrogens with two attached hydrogens (primary N) is 1. The number of aliphatic hydroxyl groups is 3. The molecule has 0 spiro atoms. The van der Waals surface area contributed by atoms with Crippen LogP contribution in [0.2, 0.25) is 0 Å². The maximum atomic E-state index is 16.0. The van der Waals surface area contributed by atoms with Gasteiger partial charge in [-0.15, -0.1) is 0 Å². The Morgan fingerprint density at radius 1 is 1.16 bits per heavy atom. The van der Waals surface area contributed by atoms with Gasteiger partial charge in [-0.1, -0.05) is 13.8 Å². The van der Waals surface area contributed by atoms with E-state index in [2.05, 4.69) is 5.32 Å². The van der Waals surface area contributed by atoms with Crippen molar-refractivity contribution in [2.24, 2.45) is 23.5 Å². The molecule has 202 valence electrons. The summed E-state index contributed by atoms with van der Waals surface area (Å²) < 4.78 is 16.0. The fourth-order valence-electron chi connectivity index (χ4n) is 6.61. The Labute approximate surface area is 216 Å². The number of ketones is 2. The lowest BCUT2D eigenvalue weighted by Gasteiger charge is -2.46. The zero-order valence-electron chi connectivity index (χ0n) is 21.0. The van der Waals surface area contributed by atoms with Crippen LogP contribution in [0.15, 0.2) is 16.9 Å². The Balaban J connectivity index is 1.69. The Hall–Kier alpha value is -3.77. The minimum absolute atomic E-state index is 0.0179. The number of amides is 2. The largest absolute Gasteiger partial charge is 0.508 e. The van der Waals surface area contributed by atoms with Gasteiger partial charge in [-0.25, -0.2) is 4.39 Å². The highest BCUT2D eigenvalue weighted by Gasteiger charge is 2.60. The Bertz CT molecular complexity index is 1410. The van der Waals surface area contributed by atoms with Crippen LogP contribution in [0.25, 0.3) is 5.76 Å². The molecule has 3 aliphatic carbocycles. The number of benzene rings is 1. The molecule has 4 aliphatic rings. The van der Waals surface area contributed by atoms with Crippen LogP contribution in [-0.2, 0) is 32.1 Å². The number of nitrogens with one attached hydrogen (secondary N) is 1. The van der Waals surface area contributed by atoms with Gasteiger partial charge in [0.1, 0.15) is 22.9 Å². The zero-order valence-corrected chi connectivity index (χ0v) is 21.0. The molecule has 1 heterocycles. The Morgan fingerprint density at radius 2 is 1.82 bits per heavy atom. The van der Waals surface area contributed by atoms with Crippen LogP contribution in [0, 0.1) is 23.6 Å². The molecule has 38 heavy (non-hydrogen) atoms. The summed E-state index contributed by atoms with van der Waals surface area (Å²) in [5.41, 5.74) is 0.520. The second-order valence-corrected chi connectivity index (χ2v) is 10.9. The first-order valence-electron chi connectivity index (χ1n) is 12.3. The van der Waals surface area contributed by atoms with Crippen molar-refractivity contribution < 1.29 is 44.0 Å². The molecule has 0 aromatic heterocycles. The first-order chi connectivity index (χ1) is 17.7. The number of carbonyl (C=O) groups excluding carboxylic acids is 4. The molecule has 11 nitrogen and oxygen atoms in total. The van der Waals surface area contributed by atoms with Crippen molar-refractivity contribution in [3.8, 4) is 5.75 Å². The van der Waals surface area contributed by atoms with Gasteiger partial charge in [-0.3, -0.25) is 24.1 Å². The zero-order chi connectivity index (χ0) is 28.0. The summed E-state index contributed by atoms with van der Waals surface area (Å²) in [6, 6.07) is -0.626. The van der Waals surface area contributed by atoms with Crippen molar-refractivity contribution in [2.75, 3.05) is 12.4 Å². The van der Waals surface area contributed by atoms with Gasteiger partial charge in [0.25, 0.3) is 5.91 Å². The normalized spacial score (nSPS) is 29.4. The maximum absolute atomic E-state index is 16.0. The van der Waals surface area contributed by atoms with Crippen LogP contribution in [0.5, 0.6) is 5.75 Å². The number of rotatable bonds is 2. The van der Waals surface area contributed by atoms with Crippen LogP contribution in [-0.4, -0.2) is 67.4 Å². The molecule has 0 saturated heterocycles. The molecule has 0 unspecified atom stereocenters. The second kappa shape index (κ2) is 8.37. The minimum Gasteiger partial charge on any atom is -0.508 e. The van der Waals surface area contributed by atoms with Crippen molar-refractivity contribution in [1.82, 2.24) is 4.90 Å². The lowest BCUT2D eigenvalue weighted by Crippen LogP contribution is -2.58. The van der Waals surface area contributed by atoms with E-state index < -0.39 is 87.5 Å². The predicted octanol–water partition coefficient (Wildman–Crippen LogP) is 0.972. The van der Waals surface area contributed by atoms with E-state index in [-0.39, 0.29) is 47.7 Å². The van der Waals surface area contributed by atoms with E-state index in [1.54, 1.807) is 11.9 Å². The summed E-state index contributed by atoms with van der Waals surface area (Å²) in [6.45, 7) is 3.63. The third-order valence-electron chi connectivity index (χ3n) is 8.29. The number of likely N-dealkylation sites (N-methyl/N-ethyl adjacent to an activating group) is 1. The van der Waals surface area contributed by atoms with Gasteiger partial charge in [-0.2, -0.15) is 0 Å². The van der Waals surface area contributed by atoms with Crippen LogP contribution in [0.4, 0.5) is 10.1 Å². The van der Waals surface area contributed by atoms with E-state index in [0.29, 0.717) is 0 Å². The third kappa shape index (κ3) is 3.26. The highest BCUT2D eigenvalue weighted by atomic mass is 19.1. The summed E-state index contributed by atoms with van der Waals surface area (Å²) in [4.78, 5) is 52.4. The highest BCUT2D eigenvalue weighted by molar-refractivity contribution is 6.22. The van der Waals surface area contributed by atoms with Gasteiger partial charge in [0.05, 0.1) is 17.3 Å². The molecule has 1 aliphatic heterocycles. The van der Waals surface area contributed by atoms with Crippen LogP contribution >= 0.6 is 0 Å². The number of phenols is 1. The van der Waals surface area contributed by atoms with E-state index in [9.17, 15) is 39.6 Å². The quantitative estimate of drug-likeness (QED) is 0.239. The van der Waals surface area contributed by atoms with Crippen molar-refractivity contribution in [3.05, 3.63) is 39.4 Å². The number of aliphatic hydroxyl groups excluding tert-OH is 2. The topological polar surface area (TPSA) is 190 Å². The average Bonchev–Trinajstić information content (AvgIpc) is 2.94. The van der Waals surface area contributed by atoms with Crippen LogP contribution in [0.1, 0.15) is 43.4 Å². The van der Waals surface area contributed by atoms with Crippen LogP contribution < -0.4 is 11.1 Å². The number of Topliss-reactive ketones (excluding diaryl/α,β-unsaturated/α-hetero) is 2. The molecule has 5 rings (SSSR count). The number of carbonyl (C=O) groups is 4. The molecule has 2 amide bonds. The molecule has 4 atom stereocenters. The van der Waals surface area contributed by atoms with E-state index in [0.717, 1.165) is 0 Å². The first-order valence-corrected chi connectivity index (χ1v) is 12.3. The van der Waals surface area contributed by atoms with Crippen molar-refractivity contribution in [1.29, 1.82) is 0 Å². The van der Waals surface area contributed by atoms with E-state index in [1.165, 1.54) is 0 Å². The molecular formula is C26H28FN3O8. The summed E-state index contributed by atoms with van der Waals surface area (Å²) in [6.07, 6.45) is -0.730. The van der Waals surface area contributed by atoms with E-state index >= 15 is 4.39 Å². The molecule has 12 heteroatoms. The van der Waals surface area contributed by atoms with Gasteiger partial charge in [0, 0.05) is 35.6 Å². The maximum Gasteiger partial charge on any atom is 0.255 e. The minimum atomic E-state index is -2.71. The monoisotopic (exact) mass is 529 g/mol. The number of halogens is 1. The Kier molecular flexibility index (Phi) is 5.69. The van der Waals surface area contributed by atoms with Gasteiger partial charge in [-0.05, 0) is 31.7 Å². The second-order valence-electron chi connectivity index (χ2n) is 10.9. The molecular weight excluding hydrogens is 501 g/mol. The summed E-state index contributed by atoms with van der Waals surface area (Å²) in [5, 5.41) is 46.9. The molecule has 1 aromatic rings. The fourth-order valence-corrected chi connectivity index (χ4v) is 6.61. The molecule has 1 aromatic carbocycles. The summed E-state index contributed by atoms with van der Waals surface area (Å²) >= 11 is 0. The summed E-state index contributed by atoms with van der Waals surface area (Å²) in [5.74, 6) is -9.35. The molecule has 0 radical (unpaired) electrons. The van der Waals surface area contributed by atoms with Crippen LogP contribution in [0.3, 0.4) is 0 Å². The third-order valence-corrected chi connectivity index (χ3v) is 8.29. The number of aromatic hydroxyl groups is 1. The number of nitrogens with zero attached hydrogens (tertiary/aromatic N) is 1. The van der Waals surface area contributed by atoms with Gasteiger partial charge in [0.15, 0.2) is 17.1 Å². The fraction of sp³-hybridized carbons (Fsp3) is 0.462. The van der Waals surface area contributed by atoms with Crippen molar-refractivity contribution in [3.63, 3.8) is 0 Å². The predicted molar refractivity (Wildman–Crippen MR) is 130 cm³/mol. The summed E-state index contributed by atoms with van der Waals surface area (Å²) in [7, 11) is 1.66. The van der Waals surface area contributed by atoms with Crippen molar-refractivity contribution in [2.45, 2.75) is 51.3 Å².